The zero-order valence-electron chi connectivity index (χ0n) is 17.4. The molecule has 1 saturated carbocycles. The Kier molecular flexibility index (Phi) is 4.66. The Morgan fingerprint density at radius 1 is 1.39 bits per heavy atom. The third kappa shape index (κ3) is 3.42. The van der Waals surface area contributed by atoms with Crippen molar-refractivity contribution in [3.63, 3.8) is 0 Å². The van der Waals surface area contributed by atoms with E-state index in [1.165, 1.54) is 6.07 Å². The lowest BCUT2D eigenvalue weighted by Crippen LogP contribution is -2.48. The Morgan fingerprint density at radius 2 is 2.23 bits per heavy atom. The van der Waals surface area contributed by atoms with E-state index in [9.17, 15) is 9.18 Å². The van der Waals surface area contributed by atoms with Crippen LogP contribution in [0.25, 0.3) is 11.0 Å². The van der Waals surface area contributed by atoms with Crippen molar-refractivity contribution in [2.24, 2.45) is 11.3 Å². The second-order valence-electron chi connectivity index (χ2n) is 8.68. The fourth-order valence-corrected chi connectivity index (χ4v) is 4.84. The zero-order valence-corrected chi connectivity index (χ0v) is 17.4. The molecule has 1 aromatic carbocycles. The van der Waals surface area contributed by atoms with Crippen molar-refractivity contribution in [3.05, 3.63) is 53.7 Å². The molecule has 158 valence electrons. The number of amides is 1. The molecule has 0 unspecified atom stereocenters. The van der Waals surface area contributed by atoms with Gasteiger partial charge in [-0.15, -0.1) is 6.42 Å². The van der Waals surface area contributed by atoms with Gasteiger partial charge in [0, 0.05) is 25.2 Å². The van der Waals surface area contributed by atoms with E-state index in [2.05, 4.69) is 31.1 Å². The van der Waals surface area contributed by atoms with Gasteiger partial charge in [0.05, 0.1) is 17.0 Å². The molecular weight excluding hydrogens is 393 g/mol. The van der Waals surface area contributed by atoms with Gasteiger partial charge in [-0.25, -0.2) is 14.4 Å². The highest BCUT2D eigenvalue weighted by atomic mass is 19.1. The highest BCUT2D eigenvalue weighted by Gasteiger charge is 2.55. The lowest BCUT2D eigenvalue weighted by molar-refractivity contribution is -0.128. The highest BCUT2D eigenvalue weighted by Crippen LogP contribution is 2.56. The monoisotopic (exact) mass is 417 g/mol. The molecule has 1 amide bonds. The molecule has 1 saturated heterocycles. The summed E-state index contributed by atoms with van der Waals surface area (Å²) in [5, 5.41) is 4.11. The van der Waals surface area contributed by atoms with Crippen LogP contribution in [0.4, 0.5) is 10.2 Å². The summed E-state index contributed by atoms with van der Waals surface area (Å²) in [5.41, 5.74) is 1.75. The van der Waals surface area contributed by atoms with Crippen LogP contribution in [0.2, 0.25) is 0 Å². The number of carbonyl (C=O) groups is 1. The quantitative estimate of drug-likeness (QED) is 0.637. The third-order valence-corrected chi connectivity index (χ3v) is 6.78. The topological polar surface area (TPSA) is 73.9 Å². The van der Waals surface area contributed by atoms with Gasteiger partial charge in [0.2, 0.25) is 5.91 Å². The molecule has 5 rings (SSSR count). The van der Waals surface area contributed by atoms with Crippen LogP contribution in [0, 0.1) is 29.5 Å². The second kappa shape index (κ2) is 7.38. The van der Waals surface area contributed by atoms with Crippen LogP contribution in [0.5, 0.6) is 0 Å². The van der Waals surface area contributed by atoms with Gasteiger partial charge >= 0.3 is 0 Å². The molecule has 0 bridgehead atoms. The van der Waals surface area contributed by atoms with Crippen molar-refractivity contribution in [1.29, 1.82) is 0 Å². The summed E-state index contributed by atoms with van der Waals surface area (Å²) in [7, 11) is 0. The molecular formula is C24H24FN5O. The number of aromatic amines is 1. The number of benzene rings is 1. The first kappa shape index (κ1) is 19.6. The van der Waals surface area contributed by atoms with Crippen LogP contribution < -0.4 is 10.2 Å². The predicted molar refractivity (Wildman–Crippen MR) is 117 cm³/mol. The van der Waals surface area contributed by atoms with E-state index < -0.39 is 5.82 Å². The van der Waals surface area contributed by atoms with Gasteiger partial charge in [0.1, 0.15) is 23.6 Å². The Labute approximate surface area is 180 Å². The number of rotatable bonds is 4. The Morgan fingerprint density at radius 3 is 2.97 bits per heavy atom. The van der Waals surface area contributed by atoms with Gasteiger partial charge in [0.25, 0.3) is 0 Å². The Bertz CT molecular complexity index is 1190. The maximum Gasteiger partial charge on any atom is 0.224 e. The Balaban J connectivity index is 1.30. The van der Waals surface area contributed by atoms with Gasteiger partial charge < -0.3 is 15.2 Å². The molecule has 0 radical (unpaired) electrons. The summed E-state index contributed by atoms with van der Waals surface area (Å²) in [6.07, 6.45) is 11.6. The number of terminal acetylenes is 1. The van der Waals surface area contributed by atoms with Crippen molar-refractivity contribution in [1.82, 2.24) is 20.3 Å². The average molecular weight is 417 g/mol. The van der Waals surface area contributed by atoms with E-state index in [-0.39, 0.29) is 28.8 Å². The third-order valence-electron chi connectivity index (χ3n) is 6.78. The summed E-state index contributed by atoms with van der Waals surface area (Å²) in [6.45, 7) is 3.44. The number of nitrogens with zero attached hydrogens (tertiary/aromatic N) is 3. The van der Waals surface area contributed by atoms with Crippen LogP contribution in [0.1, 0.15) is 43.4 Å². The van der Waals surface area contributed by atoms with E-state index in [0.29, 0.717) is 5.56 Å². The minimum Gasteiger partial charge on any atom is -0.355 e. The largest absolute Gasteiger partial charge is 0.355 e. The number of fused-ring (bicyclic) bond motifs is 1. The normalized spacial score (nSPS) is 20.4. The summed E-state index contributed by atoms with van der Waals surface area (Å²) in [4.78, 5) is 27.4. The first-order chi connectivity index (χ1) is 15.0. The molecule has 6 nitrogen and oxygen atoms in total. The van der Waals surface area contributed by atoms with Crippen LogP contribution in [-0.2, 0) is 4.79 Å². The zero-order chi connectivity index (χ0) is 21.6. The van der Waals surface area contributed by atoms with Gasteiger partial charge in [-0.05, 0) is 55.4 Å². The summed E-state index contributed by atoms with van der Waals surface area (Å²) in [5.74, 6) is 2.80. The highest BCUT2D eigenvalue weighted by molar-refractivity contribution is 5.88. The minimum atomic E-state index is -0.436. The number of halogens is 1. The molecule has 2 atom stereocenters. The maximum atomic E-state index is 14.1. The Hall–Kier alpha value is -3.40. The standard InChI is InChI=1S/C24H24FN5O/c1-3-16-4-5-17(12-20(16)25)15(2)29-23(31)19-7-11-30(13-24(19)8-9-24)22-18-6-10-26-21(18)27-14-28-22/h1,4-6,10,12,14-15,19H,7-9,11,13H2,2H3,(H,29,31)(H,26,27,28)/t15-,19-/m1/s1. The van der Waals surface area contributed by atoms with Crippen molar-refractivity contribution < 1.29 is 9.18 Å². The first-order valence-electron chi connectivity index (χ1n) is 10.6. The second-order valence-corrected chi connectivity index (χ2v) is 8.68. The summed E-state index contributed by atoms with van der Waals surface area (Å²) < 4.78 is 14.1. The average Bonchev–Trinajstić information content (AvgIpc) is 3.34. The number of piperidine rings is 1. The van der Waals surface area contributed by atoms with Crippen molar-refractivity contribution in [2.75, 3.05) is 18.0 Å². The van der Waals surface area contributed by atoms with Crippen molar-refractivity contribution >= 4 is 22.8 Å². The molecule has 1 spiro atoms. The SMILES string of the molecule is C#Cc1ccc([C@@H](C)NC(=O)[C@H]2CCN(c3ncnc4[nH]ccc34)CC23CC3)cc1F. The smallest absolute Gasteiger partial charge is 0.224 e. The van der Waals surface area contributed by atoms with Gasteiger partial charge in [0.15, 0.2) is 0 Å². The fraction of sp³-hybridized carbons (Fsp3) is 0.375. The fourth-order valence-electron chi connectivity index (χ4n) is 4.84. The molecule has 3 aromatic rings. The van der Waals surface area contributed by atoms with E-state index in [1.54, 1.807) is 18.5 Å². The summed E-state index contributed by atoms with van der Waals surface area (Å²) >= 11 is 0. The number of nitrogens with one attached hydrogen (secondary N) is 2. The molecule has 3 heterocycles. The number of aromatic nitrogens is 3. The van der Waals surface area contributed by atoms with Crippen molar-refractivity contribution in [2.45, 2.75) is 32.2 Å². The van der Waals surface area contributed by atoms with Gasteiger partial charge in [-0.3, -0.25) is 4.79 Å². The molecule has 2 N–H and O–H groups in total. The molecule has 31 heavy (non-hydrogen) atoms. The molecule has 2 aromatic heterocycles. The lowest BCUT2D eigenvalue weighted by atomic mass is 9.81. The van der Waals surface area contributed by atoms with Crippen LogP contribution in [0.3, 0.4) is 0 Å². The number of anilines is 1. The lowest BCUT2D eigenvalue weighted by Gasteiger charge is -2.39. The number of H-pyrrole nitrogens is 1. The summed E-state index contributed by atoms with van der Waals surface area (Å²) in [6, 6.07) is 6.47. The molecule has 2 fully saturated rings. The molecule has 2 aliphatic rings. The van der Waals surface area contributed by atoms with E-state index in [0.717, 1.165) is 49.2 Å². The number of hydrogen-bond acceptors (Lipinski definition) is 4. The molecule has 1 aliphatic heterocycles. The maximum absolute atomic E-state index is 14.1. The first-order valence-corrected chi connectivity index (χ1v) is 10.6. The van der Waals surface area contributed by atoms with Gasteiger partial charge in [-0.1, -0.05) is 12.0 Å². The van der Waals surface area contributed by atoms with Crippen molar-refractivity contribution in [3.8, 4) is 12.3 Å². The van der Waals surface area contributed by atoms with E-state index >= 15 is 0 Å². The van der Waals surface area contributed by atoms with E-state index in [4.69, 9.17) is 6.42 Å². The van der Waals surface area contributed by atoms with E-state index in [1.807, 2.05) is 19.2 Å². The molecule has 7 heteroatoms. The number of hydrogen-bond donors (Lipinski definition) is 2. The predicted octanol–water partition coefficient (Wildman–Crippen LogP) is 3.56. The van der Waals surface area contributed by atoms with Gasteiger partial charge in [-0.2, -0.15) is 0 Å². The minimum absolute atomic E-state index is 0.0196. The van der Waals surface area contributed by atoms with Crippen LogP contribution in [0.15, 0.2) is 36.8 Å². The molecule has 1 aliphatic carbocycles. The number of carbonyl (C=O) groups excluding carboxylic acids is 1. The van der Waals surface area contributed by atoms with Crippen LogP contribution >= 0.6 is 0 Å². The van der Waals surface area contributed by atoms with Crippen LogP contribution in [-0.4, -0.2) is 33.9 Å².